The molecule has 27 heavy (non-hydrogen) atoms. The molecule has 0 spiro atoms. The van der Waals surface area contributed by atoms with E-state index in [0.717, 1.165) is 5.56 Å². The Morgan fingerprint density at radius 2 is 1.89 bits per heavy atom. The van der Waals surface area contributed by atoms with Crippen molar-refractivity contribution in [2.75, 3.05) is 13.1 Å². The molecule has 2 bridgehead atoms. The SMILES string of the molecule is CC(C)(C)C(=O)CNC(=O)[C@@H]1CC[C@@H]2CN1C(=O)N2OCc1ccccc1. The largest absolute Gasteiger partial charge is 0.347 e. The Bertz CT molecular complexity index is 714. The summed E-state index contributed by atoms with van der Waals surface area (Å²) in [6.45, 7) is 6.22. The van der Waals surface area contributed by atoms with E-state index in [9.17, 15) is 14.4 Å². The van der Waals surface area contributed by atoms with Crippen LogP contribution in [-0.4, -0.2) is 52.9 Å². The first-order valence-corrected chi connectivity index (χ1v) is 9.35. The molecule has 3 rings (SSSR count). The number of hydrogen-bond donors (Lipinski definition) is 1. The van der Waals surface area contributed by atoms with Gasteiger partial charge >= 0.3 is 6.03 Å². The van der Waals surface area contributed by atoms with Crippen molar-refractivity contribution in [3.63, 3.8) is 0 Å². The number of piperidine rings is 1. The molecule has 2 saturated heterocycles. The molecule has 0 saturated carbocycles. The highest BCUT2D eigenvalue weighted by molar-refractivity contribution is 5.93. The summed E-state index contributed by atoms with van der Waals surface area (Å²) in [6, 6.07) is 8.78. The van der Waals surface area contributed by atoms with Gasteiger partial charge in [0.25, 0.3) is 0 Å². The number of amides is 3. The summed E-state index contributed by atoms with van der Waals surface area (Å²) in [5.41, 5.74) is 0.480. The van der Waals surface area contributed by atoms with Crippen molar-refractivity contribution in [2.45, 2.75) is 52.3 Å². The van der Waals surface area contributed by atoms with Gasteiger partial charge in [-0.25, -0.2) is 4.79 Å². The molecule has 7 nitrogen and oxygen atoms in total. The zero-order valence-electron chi connectivity index (χ0n) is 16.1. The molecule has 0 aliphatic carbocycles. The second kappa shape index (κ2) is 7.68. The second-order valence-electron chi connectivity index (χ2n) is 8.16. The van der Waals surface area contributed by atoms with Crippen molar-refractivity contribution < 1.29 is 19.2 Å². The molecule has 2 atom stereocenters. The van der Waals surface area contributed by atoms with E-state index in [1.165, 1.54) is 5.06 Å². The van der Waals surface area contributed by atoms with Gasteiger partial charge in [0.2, 0.25) is 5.91 Å². The second-order valence-corrected chi connectivity index (χ2v) is 8.16. The van der Waals surface area contributed by atoms with Crippen LogP contribution in [0.4, 0.5) is 4.79 Å². The van der Waals surface area contributed by atoms with Gasteiger partial charge in [0.05, 0.1) is 12.6 Å². The maximum absolute atomic E-state index is 12.7. The first kappa shape index (κ1) is 19.4. The van der Waals surface area contributed by atoms with Gasteiger partial charge in [-0.3, -0.25) is 14.4 Å². The van der Waals surface area contributed by atoms with Gasteiger partial charge in [-0.05, 0) is 18.4 Å². The number of hydroxylamine groups is 2. The Labute approximate surface area is 159 Å². The Kier molecular flexibility index (Phi) is 5.51. The molecular weight excluding hydrogens is 346 g/mol. The highest BCUT2D eigenvalue weighted by atomic mass is 16.7. The fourth-order valence-corrected chi connectivity index (χ4v) is 3.34. The maximum Gasteiger partial charge on any atom is 0.345 e. The average molecular weight is 373 g/mol. The normalized spacial score (nSPS) is 22.1. The zero-order chi connectivity index (χ0) is 19.6. The summed E-state index contributed by atoms with van der Waals surface area (Å²) < 4.78 is 0. The smallest absolute Gasteiger partial charge is 0.345 e. The first-order valence-electron chi connectivity index (χ1n) is 9.35. The topological polar surface area (TPSA) is 79.0 Å². The van der Waals surface area contributed by atoms with Crippen LogP contribution in [0.5, 0.6) is 0 Å². The lowest BCUT2D eigenvalue weighted by Gasteiger charge is -2.29. The van der Waals surface area contributed by atoms with Crippen LogP contribution >= 0.6 is 0 Å². The Hall–Kier alpha value is -2.41. The number of carbonyl (C=O) groups is 3. The van der Waals surface area contributed by atoms with E-state index in [1.54, 1.807) is 4.90 Å². The van der Waals surface area contributed by atoms with Crippen molar-refractivity contribution >= 4 is 17.7 Å². The van der Waals surface area contributed by atoms with Crippen molar-refractivity contribution in [3.05, 3.63) is 35.9 Å². The van der Waals surface area contributed by atoms with E-state index in [2.05, 4.69) is 5.32 Å². The van der Waals surface area contributed by atoms with Crippen LogP contribution in [0.3, 0.4) is 0 Å². The number of urea groups is 1. The van der Waals surface area contributed by atoms with E-state index in [4.69, 9.17) is 4.84 Å². The molecule has 3 amide bonds. The number of nitrogens with one attached hydrogen (secondary N) is 1. The third-order valence-corrected chi connectivity index (χ3v) is 5.10. The molecular formula is C20H27N3O4. The van der Waals surface area contributed by atoms with Crippen molar-refractivity contribution in [1.29, 1.82) is 0 Å². The molecule has 1 aromatic carbocycles. The molecule has 2 aliphatic rings. The maximum atomic E-state index is 12.7. The lowest BCUT2D eigenvalue weighted by atomic mass is 9.91. The number of ketones is 1. The number of hydrogen-bond acceptors (Lipinski definition) is 4. The lowest BCUT2D eigenvalue weighted by molar-refractivity contribution is -0.140. The number of benzene rings is 1. The minimum Gasteiger partial charge on any atom is -0.347 e. The zero-order valence-corrected chi connectivity index (χ0v) is 16.1. The Balaban J connectivity index is 1.57. The summed E-state index contributed by atoms with van der Waals surface area (Å²) in [7, 11) is 0. The molecule has 0 aromatic heterocycles. The van der Waals surface area contributed by atoms with Gasteiger partial charge in [-0.15, -0.1) is 0 Å². The predicted octanol–water partition coefficient (Wildman–Crippen LogP) is 2.12. The van der Waals surface area contributed by atoms with E-state index >= 15 is 0 Å². The van der Waals surface area contributed by atoms with Gasteiger partial charge < -0.3 is 10.2 Å². The molecule has 2 heterocycles. The third-order valence-electron chi connectivity index (χ3n) is 5.10. The number of nitrogens with zero attached hydrogens (tertiary/aromatic N) is 2. The summed E-state index contributed by atoms with van der Waals surface area (Å²) in [6.07, 6.45) is 1.26. The molecule has 0 unspecified atom stereocenters. The van der Waals surface area contributed by atoms with Gasteiger partial charge in [0.1, 0.15) is 12.6 Å². The summed E-state index contributed by atoms with van der Waals surface area (Å²) in [5, 5.41) is 4.10. The van der Waals surface area contributed by atoms with Gasteiger partial charge in [-0.2, -0.15) is 5.06 Å². The number of Topliss-reactive ketones (excluding diaryl/α,β-unsaturated/α-hetero) is 1. The average Bonchev–Trinajstić information content (AvgIpc) is 2.88. The Morgan fingerprint density at radius 3 is 2.56 bits per heavy atom. The van der Waals surface area contributed by atoms with Crippen LogP contribution in [0, 0.1) is 5.41 Å². The number of fused-ring (bicyclic) bond motifs is 2. The number of carbonyl (C=O) groups excluding carboxylic acids is 3. The minimum atomic E-state index is -0.549. The highest BCUT2D eigenvalue weighted by Gasteiger charge is 2.47. The van der Waals surface area contributed by atoms with Crippen LogP contribution in [0.25, 0.3) is 0 Å². The predicted molar refractivity (Wildman–Crippen MR) is 99.5 cm³/mol. The van der Waals surface area contributed by atoms with Gasteiger partial charge in [0, 0.05) is 12.0 Å². The van der Waals surface area contributed by atoms with E-state index in [-0.39, 0.29) is 30.3 Å². The molecule has 2 aliphatic heterocycles. The molecule has 1 N–H and O–H groups in total. The standard InChI is InChI=1S/C20H27N3O4/c1-20(2,3)17(24)11-21-18(25)16-10-9-15-12-22(16)19(26)23(15)27-13-14-7-5-4-6-8-14/h4-8,15-16H,9-13H2,1-3H3,(H,21,25)/t15-,16+/m1/s1. The molecule has 146 valence electrons. The van der Waals surface area contributed by atoms with Crippen LogP contribution < -0.4 is 5.32 Å². The van der Waals surface area contributed by atoms with Crippen LogP contribution in [0.2, 0.25) is 0 Å². The first-order chi connectivity index (χ1) is 12.8. The molecule has 1 aromatic rings. The number of rotatable bonds is 6. The third kappa shape index (κ3) is 4.30. The Morgan fingerprint density at radius 1 is 1.19 bits per heavy atom. The van der Waals surface area contributed by atoms with E-state index in [1.807, 2.05) is 51.1 Å². The molecule has 2 fully saturated rings. The van der Waals surface area contributed by atoms with Crippen LogP contribution in [0.15, 0.2) is 30.3 Å². The van der Waals surface area contributed by atoms with E-state index in [0.29, 0.717) is 26.0 Å². The summed E-state index contributed by atoms with van der Waals surface area (Å²) >= 11 is 0. The van der Waals surface area contributed by atoms with Crippen molar-refractivity contribution in [3.8, 4) is 0 Å². The monoisotopic (exact) mass is 373 g/mol. The fraction of sp³-hybridized carbons (Fsp3) is 0.550. The summed E-state index contributed by atoms with van der Waals surface area (Å²) in [5.74, 6) is -0.311. The van der Waals surface area contributed by atoms with Crippen molar-refractivity contribution in [2.24, 2.45) is 5.41 Å². The van der Waals surface area contributed by atoms with Gasteiger partial charge in [-0.1, -0.05) is 51.1 Å². The minimum absolute atomic E-state index is 0.0154. The fourth-order valence-electron chi connectivity index (χ4n) is 3.34. The van der Waals surface area contributed by atoms with Gasteiger partial charge in [0.15, 0.2) is 5.78 Å². The lowest BCUT2D eigenvalue weighted by Crippen LogP contribution is -2.51. The summed E-state index contributed by atoms with van der Waals surface area (Å²) in [4.78, 5) is 44.6. The quantitative estimate of drug-likeness (QED) is 0.828. The highest BCUT2D eigenvalue weighted by Crippen LogP contribution is 2.30. The van der Waals surface area contributed by atoms with Crippen LogP contribution in [-0.2, 0) is 21.0 Å². The molecule has 7 heteroatoms. The van der Waals surface area contributed by atoms with E-state index < -0.39 is 11.5 Å². The molecule has 0 radical (unpaired) electrons. The van der Waals surface area contributed by atoms with Crippen molar-refractivity contribution in [1.82, 2.24) is 15.3 Å². The van der Waals surface area contributed by atoms with Crippen LogP contribution in [0.1, 0.15) is 39.2 Å².